The van der Waals surface area contributed by atoms with Gasteiger partial charge in [-0.15, -0.1) is 11.6 Å². The molecule has 1 heterocycles. The van der Waals surface area contributed by atoms with E-state index in [1.165, 1.54) is 12.8 Å². The molecule has 114 valence electrons. The van der Waals surface area contributed by atoms with Crippen molar-refractivity contribution in [2.24, 2.45) is 0 Å². The van der Waals surface area contributed by atoms with Crippen LogP contribution in [0.2, 0.25) is 0 Å². The first-order chi connectivity index (χ1) is 10.1. The van der Waals surface area contributed by atoms with Crippen LogP contribution in [0.4, 0.5) is 0 Å². The number of amides is 1. The highest BCUT2D eigenvalue weighted by atomic mass is 35.5. The van der Waals surface area contributed by atoms with E-state index in [0.717, 1.165) is 29.9 Å². The van der Waals surface area contributed by atoms with Gasteiger partial charge >= 0.3 is 0 Å². The zero-order valence-corrected chi connectivity index (χ0v) is 13.0. The van der Waals surface area contributed by atoms with Gasteiger partial charge < -0.3 is 14.4 Å². The van der Waals surface area contributed by atoms with Crippen LogP contribution in [0.15, 0.2) is 18.2 Å². The molecule has 0 radical (unpaired) electrons. The van der Waals surface area contributed by atoms with E-state index >= 15 is 0 Å². The molecule has 0 N–H and O–H groups in total. The molecule has 0 unspecified atom stereocenters. The van der Waals surface area contributed by atoms with Crippen LogP contribution in [0.5, 0.6) is 11.5 Å². The zero-order valence-electron chi connectivity index (χ0n) is 12.2. The number of hydrogen-bond donors (Lipinski definition) is 0. The molecule has 1 aliphatic heterocycles. The second-order valence-corrected chi connectivity index (χ2v) is 6.27. The van der Waals surface area contributed by atoms with Crippen LogP contribution >= 0.6 is 11.6 Å². The lowest BCUT2D eigenvalue weighted by Crippen LogP contribution is -2.48. The predicted molar refractivity (Wildman–Crippen MR) is 80.7 cm³/mol. The third-order valence-electron chi connectivity index (χ3n) is 4.53. The molecule has 5 heteroatoms. The first kappa shape index (κ1) is 14.5. The van der Waals surface area contributed by atoms with E-state index in [0.29, 0.717) is 6.54 Å². The van der Waals surface area contributed by atoms with Crippen LogP contribution in [0.3, 0.4) is 0 Å². The molecule has 4 nitrogen and oxygen atoms in total. The summed E-state index contributed by atoms with van der Waals surface area (Å²) in [5.74, 6) is 1.54. The Labute approximate surface area is 130 Å². The van der Waals surface area contributed by atoms with Gasteiger partial charge in [-0.2, -0.15) is 0 Å². The topological polar surface area (TPSA) is 38.8 Å². The molecule has 2 aliphatic rings. The first-order valence-electron chi connectivity index (χ1n) is 7.37. The molecule has 3 rings (SSSR count). The minimum absolute atomic E-state index is 0.00117. The number of hydrogen-bond acceptors (Lipinski definition) is 3. The maximum absolute atomic E-state index is 12.3. The molecule has 1 amide bonds. The number of nitrogens with zero attached hydrogens (tertiary/aromatic N) is 1. The Bertz CT molecular complexity index is 540. The normalized spacial score (nSPS) is 18.8. The summed E-state index contributed by atoms with van der Waals surface area (Å²) in [6.45, 7) is 3.00. The van der Waals surface area contributed by atoms with Crippen LogP contribution in [0.1, 0.15) is 38.2 Å². The summed E-state index contributed by atoms with van der Waals surface area (Å²) >= 11 is 5.81. The number of ether oxygens (including phenoxy) is 2. The largest absolute Gasteiger partial charge is 0.454 e. The summed E-state index contributed by atoms with van der Waals surface area (Å²) in [6.07, 6.45) is 4.42. The smallest absolute Gasteiger partial charge is 0.238 e. The van der Waals surface area contributed by atoms with E-state index in [9.17, 15) is 4.79 Å². The standard InChI is InChI=1S/C16H20ClNO3/c1-16(6-2-3-7-16)18(15(19)9-17)10-12-4-5-13-14(8-12)21-11-20-13/h4-5,8H,2-3,6-7,9-11H2,1H3. The van der Waals surface area contributed by atoms with Gasteiger partial charge in [0.05, 0.1) is 0 Å². The summed E-state index contributed by atoms with van der Waals surface area (Å²) in [6, 6.07) is 5.84. The maximum atomic E-state index is 12.3. The van der Waals surface area contributed by atoms with Gasteiger partial charge in [-0.25, -0.2) is 0 Å². The summed E-state index contributed by atoms with van der Waals surface area (Å²) in [5, 5.41) is 0. The number of halogens is 1. The number of carbonyl (C=O) groups excluding carboxylic acids is 1. The lowest BCUT2D eigenvalue weighted by molar-refractivity contribution is -0.135. The zero-order chi connectivity index (χ0) is 14.9. The minimum Gasteiger partial charge on any atom is -0.454 e. The van der Waals surface area contributed by atoms with Crippen LogP contribution in [-0.4, -0.2) is 29.0 Å². The maximum Gasteiger partial charge on any atom is 0.238 e. The average Bonchev–Trinajstić information content (AvgIpc) is 3.12. The first-order valence-corrected chi connectivity index (χ1v) is 7.91. The van der Waals surface area contributed by atoms with E-state index in [-0.39, 0.29) is 24.1 Å². The van der Waals surface area contributed by atoms with Crippen molar-refractivity contribution in [1.29, 1.82) is 0 Å². The molecule has 0 saturated heterocycles. The van der Waals surface area contributed by atoms with Crippen molar-refractivity contribution in [1.82, 2.24) is 4.90 Å². The van der Waals surface area contributed by atoms with Crippen molar-refractivity contribution < 1.29 is 14.3 Å². The van der Waals surface area contributed by atoms with Crippen LogP contribution in [0.25, 0.3) is 0 Å². The molecular weight excluding hydrogens is 290 g/mol. The van der Waals surface area contributed by atoms with Crippen molar-refractivity contribution in [2.75, 3.05) is 12.7 Å². The van der Waals surface area contributed by atoms with Crippen molar-refractivity contribution in [2.45, 2.75) is 44.7 Å². The van der Waals surface area contributed by atoms with Gasteiger partial charge in [0.25, 0.3) is 0 Å². The number of rotatable bonds is 4. The number of benzene rings is 1. The van der Waals surface area contributed by atoms with Gasteiger partial charge in [0.2, 0.25) is 12.7 Å². The van der Waals surface area contributed by atoms with E-state index in [4.69, 9.17) is 21.1 Å². The molecule has 1 aliphatic carbocycles. The van der Waals surface area contributed by atoms with Crippen LogP contribution < -0.4 is 9.47 Å². The summed E-state index contributed by atoms with van der Waals surface area (Å²) in [4.78, 5) is 14.2. The van der Waals surface area contributed by atoms with Gasteiger partial charge in [-0.05, 0) is 37.5 Å². The predicted octanol–water partition coefficient (Wildman–Crippen LogP) is 3.32. The van der Waals surface area contributed by atoms with Gasteiger partial charge in [0, 0.05) is 12.1 Å². The second kappa shape index (κ2) is 5.76. The van der Waals surface area contributed by atoms with Crippen molar-refractivity contribution in [3.8, 4) is 11.5 Å². The molecule has 0 aromatic heterocycles. The van der Waals surface area contributed by atoms with Crippen molar-refractivity contribution in [3.05, 3.63) is 23.8 Å². The molecular formula is C16H20ClNO3. The summed E-state index contributed by atoms with van der Waals surface area (Å²) in [7, 11) is 0. The Morgan fingerprint density at radius 3 is 2.71 bits per heavy atom. The second-order valence-electron chi connectivity index (χ2n) is 6.01. The van der Waals surface area contributed by atoms with E-state index in [1.807, 2.05) is 23.1 Å². The van der Waals surface area contributed by atoms with Crippen molar-refractivity contribution in [3.63, 3.8) is 0 Å². The monoisotopic (exact) mass is 309 g/mol. The fraction of sp³-hybridized carbons (Fsp3) is 0.562. The Kier molecular flexibility index (Phi) is 3.98. The van der Waals surface area contributed by atoms with Crippen molar-refractivity contribution >= 4 is 17.5 Å². The van der Waals surface area contributed by atoms with Gasteiger partial charge in [-0.3, -0.25) is 4.79 Å². The number of alkyl halides is 1. The average molecular weight is 310 g/mol. The van der Waals surface area contributed by atoms with Gasteiger partial charge in [-0.1, -0.05) is 18.9 Å². The summed E-state index contributed by atoms with van der Waals surface area (Å²) < 4.78 is 10.7. The molecule has 0 atom stereocenters. The van der Waals surface area contributed by atoms with Gasteiger partial charge in [0.1, 0.15) is 5.88 Å². The lowest BCUT2D eigenvalue weighted by Gasteiger charge is -2.38. The highest BCUT2D eigenvalue weighted by Gasteiger charge is 2.37. The van der Waals surface area contributed by atoms with E-state index in [2.05, 4.69) is 6.92 Å². The van der Waals surface area contributed by atoms with Gasteiger partial charge in [0.15, 0.2) is 11.5 Å². The van der Waals surface area contributed by atoms with E-state index in [1.54, 1.807) is 0 Å². The SMILES string of the molecule is CC1(N(Cc2ccc3c(c2)OCO3)C(=O)CCl)CCCC1. The molecule has 1 fully saturated rings. The third kappa shape index (κ3) is 2.82. The lowest BCUT2D eigenvalue weighted by atomic mass is 9.96. The molecule has 1 saturated carbocycles. The third-order valence-corrected chi connectivity index (χ3v) is 4.75. The highest BCUT2D eigenvalue weighted by molar-refractivity contribution is 6.27. The van der Waals surface area contributed by atoms with E-state index < -0.39 is 0 Å². The van der Waals surface area contributed by atoms with Crippen LogP contribution in [0, 0.1) is 0 Å². The molecule has 1 aromatic carbocycles. The Balaban J connectivity index is 1.82. The highest BCUT2D eigenvalue weighted by Crippen LogP contribution is 2.37. The molecule has 1 aromatic rings. The van der Waals surface area contributed by atoms with Crippen LogP contribution in [-0.2, 0) is 11.3 Å². The minimum atomic E-state index is -0.0810. The fourth-order valence-corrected chi connectivity index (χ4v) is 3.42. The molecule has 0 bridgehead atoms. The Hall–Kier alpha value is -1.42. The molecule has 0 spiro atoms. The quantitative estimate of drug-likeness (QED) is 0.801. The summed E-state index contributed by atoms with van der Waals surface area (Å²) in [5.41, 5.74) is 0.966. The molecule has 21 heavy (non-hydrogen) atoms. The Morgan fingerprint density at radius 1 is 1.29 bits per heavy atom. The fourth-order valence-electron chi connectivity index (χ4n) is 3.28. The Morgan fingerprint density at radius 2 is 2.00 bits per heavy atom. The number of fused-ring (bicyclic) bond motifs is 1. The number of carbonyl (C=O) groups is 1.